The largest absolute Gasteiger partial charge is 0.497 e. The highest BCUT2D eigenvalue weighted by molar-refractivity contribution is 6.00. The number of ether oxygens (including phenoxy) is 1. The van der Waals surface area contributed by atoms with Crippen molar-refractivity contribution >= 4 is 11.6 Å². The lowest BCUT2D eigenvalue weighted by Gasteiger charge is -2.34. The van der Waals surface area contributed by atoms with Crippen LogP contribution in [0.15, 0.2) is 54.7 Å². The molecule has 2 aromatic heterocycles. The van der Waals surface area contributed by atoms with Crippen molar-refractivity contribution in [1.82, 2.24) is 24.4 Å². The number of halogens is 3. The summed E-state index contributed by atoms with van der Waals surface area (Å²) in [6.45, 7) is 3.80. The summed E-state index contributed by atoms with van der Waals surface area (Å²) in [5.41, 5.74) is 0.907. The molecule has 0 unspecified atom stereocenters. The van der Waals surface area contributed by atoms with Crippen molar-refractivity contribution in [2.75, 3.05) is 33.3 Å². The van der Waals surface area contributed by atoms with E-state index in [4.69, 9.17) is 4.74 Å². The first-order chi connectivity index (χ1) is 18.7. The summed E-state index contributed by atoms with van der Waals surface area (Å²) in [5.74, 6) is 0.135. The zero-order chi connectivity index (χ0) is 27.7. The molecule has 4 aromatic rings. The van der Waals surface area contributed by atoms with Crippen LogP contribution < -0.4 is 4.74 Å². The van der Waals surface area contributed by atoms with E-state index in [1.807, 2.05) is 18.2 Å². The second-order valence-electron chi connectivity index (χ2n) is 9.29. The maximum atomic E-state index is 14.2. The molecule has 39 heavy (non-hydrogen) atoms. The van der Waals surface area contributed by atoms with Crippen molar-refractivity contribution in [1.29, 1.82) is 5.26 Å². The Morgan fingerprint density at radius 1 is 1.08 bits per heavy atom. The molecule has 5 rings (SSSR count). The van der Waals surface area contributed by atoms with Crippen molar-refractivity contribution in [3.8, 4) is 23.1 Å². The Morgan fingerprint density at radius 3 is 2.41 bits per heavy atom. The molecule has 11 heteroatoms. The first-order valence-electron chi connectivity index (χ1n) is 12.3. The second-order valence-corrected chi connectivity index (χ2v) is 9.29. The van der Waals surface area contributed by atoms with Crippen molar-refractivity contribution in [3.05, 3.63) is 82.7 Å². The minimum Gasteiger partial charge on any atom is -0.497 e. The number of alkyl halides is 3. The van der Waals surface area contributed by atoms with Gasteiger partial charge in [-0.05, 0) is 42.8 Å². The van der Waals surface area contributed by atoms with E-state index in [-0.39, 0.29) is 22.5 Å². The summed E-state index contributed by atoms with van der Waals surface area (Å²) < 4.78 is 48.5. The predicted molar refractivity (Wildman–Crippen MR) is 137 cm³/mol. The normalized spacial score (nSPS) is 14.4. The van der Waals surface area contributed by atoms with Crippen LogP contribution in [0.1, 0.15) is 32.7 Å². The number of aromatic nitrogens is 3. The van der Waals surface area contributed by atoms with Crippen LogP contribution in [0.25, 0.3) is 16.9 Å². The van der Waals surface area contributed by atoms with Gasteiger partial charge in [-0.2, -0.15) is 23.5 Å². The van der Waals surface area contributed by atoms with Crippen molar-refractivity contribution < 1.29 is 22.7 Å². The fraction of sp³-hybridized carbons (Fsp3) is 0.286. The number of methoxy groups -OCH3 is 1. The first-order valence-corrected chi connectivity index (χ1v) is 12.3. The number of nitrogens with zero attached hydrogens (tertiary/aromatic N) is 6. The van der Waals surface area contributed by atoms with Crippen molar-refractivity contribution in [2.24, 2.45) is 0 Å². The Kier molecular flexibility index (Phi) is 6.97. The van der Waals surface area contributed by atoms with Crippen LogP contribution in [0.3, 0.4) is 0 Å². The maximum Gasteiger partial charge on any atom is 0.433 e. The lowest BCUT2D eigenvalue weighted by molar-refractivity contribution is -0.143. The average molecular weight is 535 g/mol. The third kappa shape index (κ3) is 5.03. The number of piperazine rings is 1. The lowest BCUT2D eigenvalue weighted by Crippen LogP contribution is -2.48. The molecule has 0 aliphatic carbocycles. The third-order valence-corrected chi connectivity index (χ3v) is 6.94. The van der Waals surface area contributed by atoms with E-state index in [0.29, 0.717) is 54.1 Å². The highest BCUT2D eigenvalue weighted by Gasteiger charge is 2.39. The highest BCUT2D eigenvalue weighted by Crippen LogP contribution is 2.37. The van der Waals surface area contributed by atoms with E-state index < -0.39 is 17.8 Å². The van der Waals surface area contributed by atoms with E-state index >= 15 is 0 Å². The standard InChI is InChI=1S/C28H25F3N6O2/c1-18-24(19-7-9-22(39-2)10-8-19)34-26-23(16-33-37(26)25(18)28(29,30)31)27(38)36-13-11-35(12-14-36)17-21-6-4-3-5-20(21)15-32/h3-10,16H,11-14,17H2,1-2H3. The maximum absolute atomic E-state index is 14.2. The van der Waals surface area contributed by atoms with Crippen LogP contribution in [0.5, 0.6) is 5.75 Å². The zero-order valence-corrected chi connectivity index (χ0v) is 21.4. The quantitative estimate of drug-likeness (QED) is 0.373. The molecule has 8 nitrogen and oxygen atoms in total. The van der Waals surface area contributed by atoms with Crippen LogP contribution in [-0.4, -0.2) is 63.6 Å². The number of rotatable bonds is 5. The zero-order valence-electron chi connectivity index (χ0n) is 21.4. The minimum absolute atomic E-state index is 0.0125. The van der Waals surface area contributed by atoms with Gasteiger partial charge in [0.15, 0.2) is 11.3 Å². The molecule has 2 aromatic carbocycles. The first kappa shape index (κ1) is 26.2. The third-order valence-electron chi connectivity index (χ3n) is 6.94. The van der Waals surface area contributed by atoms with E-state index in [1.54, 1.807) is 35.2 Å². The summed E-state index contributed by atoms with van der Waals surface area (Å²) in [4.78, 5) is 21.7. The van der Waals surface area contributed by atoms with Crippen LogP contribution in [0, 0.1) is 18.3 Å². The molecule has 0 spiro atoms. The molecule has 0 bridgehead atoms. The number of carbonyl (C=O) groups is 1. The number of hydrogen-bond donors (Lipinski definition) is 0. The second kappa shape index (κ2) is 10.4. The molecule has 1 saturated heterocycles. The van der Waals surface area contributed by atoms with Gasteiger partial charge >= 0.3 is 6.18 Å². The van der Waals surface area contributed by atoms with Gasteiger partial charge < -0.3 is 9.64 Å². The molecule has 1 aliphatic heterocycles. The van der Waals surface area contributed by atoms with Crippen molar-refractivity contribution in [2.45, 2.75) is 19.6 Å². The van der Waals surface area contributed by atoms with E-state index in [2.05, 4.69) is 21.1 Å². The van der Waals surface area contributed by atoms with Gasteiger partial charge in [0.2, 0.25) is 0 Å². The molecule has 0 atom stereocenters. The molecule has 3 heterocycles. The van der Waals surface area contributed by atoms with Gasteiger partial charge in [-0.25, -0.2) is 9.50 Å². The van der Waals surface area contributed by atoms with Gasteiger partial charge in [-0.1, -0.05) is 18.2 Å². The number of hydrogen-bond acceptors (Lipinski definition) is 6. The minimum atomic E-state index is -4.72. The Labute approximate surface area is 222 Å². The number of benzene rings is 2. The van der Waals surface area contributed by atoms with Gasteiger partial charge in [0.1, 0.15) is 11.3 Å². The number of nitriles is 1. The number of carbonyl (C=O) groups excluding carboxylic acids is 1. The topological polar surface area (TPSA) is 86.8 Å². The average Bonchev–Trinajstić information content (AvgIpc) is 3.35. The fourth-order valence-electron chi connectivity index (χ4n) is 4.88. The van der Waals surface area contributed by atoms with Gasteiger partial charge in [0.25, 0.3) is 5.91 Å². The van der Waals surface area contributed by atoms with Crippen LogP contribution in [0.2, 0.25) is 0 Å². The summed E-state index contributed by atoms with van der Waals surface area (Å²) >= 11 is 0. The number of amides is 1. The summed E-state index contributed by atoms with van der Waals surface area (Å²) in [6, 6.07) is 16.1. The molecule has 1 fully saturated rings. The monoisotopic (exact) mass is 534 g/mol. The molecule has 0 saturated carbocycles. The molecular formula is C28H25F3N6O2. The van der Waals surface area contributed by atoms with E-state index in [9.17, 15) is 23.2 Å². The van der Waals surface area contributed by atoms with Crippen LogP contribution >= 0.6 is 0 Å². The van der Waals surface area contributed by atoms with Gasteiger partial charge in [0, 0.05) is 43.9 Å². The summed E-state index contributed by atoms with van der Waals surface area (Å²) in [6.07, 6.45) is -3.56. The van der Waals surface area contributed by atoms with Crippen LogP contribution in [-0.2, 0) is 12.7 Å². The van der Waals surface area contributed by atoms with Gasteiger partial charge in [-0.3, -0.25) is 9.69 Å². The van der Waals surface area contributed by atoms with Crippen molar-refractivity contribution in [3.63, 3.8) is 0 Å². The predicted octanol–water partition coefficient (Wildman–Crippen LogP) is 4.56. The Balaban J connectivity index is 1.44. The fourth-order valence-corrected chi connectivity index (χ4v) is 4.88. The van der Waals surface area contributed by atoms with Crippen LogP contribution in [0.4, 0.5) is 13.2 Å². The van der Waals surface area contributed by atoms with Gasteiger partial charge in [-0.15, -0.1) is 0 Å². The number of fused-ring (bicyclic) bond motifs is 1. The Hall–Kier alpha value is -4.43. The van der Waals surface area contributed by atoms with Gasteiger partial charge in [0.05, 0.1) is 30.6 Å². The SMILES string of the molecule is COc1ccc(-c2nc3c(C(=O)N4CCN(Cc5ccccc5C#N)CC4)cnn3c(C(F)(F)F)c2C)cc1. The Bertz CT molecular complexity index is 1570. The molecular weight excluding hydrogens is 509 g/mol. The van der Waals surface area contributed by atoms with E-state index in [1.165, 1.54) is 14.0 Å². The Morgan fingerprint density at radius 2 is 1.77 bits per heavy atom. The highest BCUT2D eigenvalue weighted by atomic mass is 19.4. The molecule has 200 valence electrons. The summed E-state index contributed by atoms with van der Waals surface area (Å²) in [7, 11) is 1.50. The molecule has 0 N–H and O–H groups in total. The molecule has 0 radical (unpaired) electrons. The smallest absolute Gasteiger partial charge is 0.433 e. The lowest BCUT2D eigenvalue weighted by atomic mass is 10.0. The molecule has 1 amide bonds. The van der Waals surface area contributed by atoms with E-state index in [0.717, 1.165) is 11.8 Å². The summed E-state index contributed by atoms with van der Waals surface area (Å²) in [5, 5.41) is 13.3. The molecule has 1 aliphatic rings.